The summed E-state index contributed by atoms with van der Waals surface area (Å²) in [6, 6.07) is 0. The average molecular weight is 376 g/mol. The predicted molar refractivity (Wildman–Crippen MR) is 70.2 cm³/mol. The summed E-state index contributed by atoms with van der Waals surface area (Å²) in [5.41, 5.74) is 5.50. The van der Waals surface area contributed by atoms with Crippen molar-refractivity contribution < 1.29 is 15.9 Å². The molecule has 0 aliphatic rings. The second-order valence-corrected chi connectivity index (χ2v) is 7.66. The fraction of sp³-hybridized carbons (Fsp3) is 0.800. The Morgan fingerprint density at radius 3 is 1.18 bits per heavy atom. The topological polar surface area (TPSA) is 48.1 Å². The molecule has 0 atom stereocenters. The molecule has 106 valence electrons. The molecule has 0 aromatic carbocycles. The molecule has 7 heteroatoms. The molecule has 0 rings (SSSR count). The summed E-state index contributed by atoms with van der Waals surface area (Å²) in [5.74, 6) is 0. The van der Waals surface area contributed by atoms with Gasteiger partial charge in [-0.3, -0.25) is 10.6 Å². The number of hydrogen-bond acceptors (Lipinski definition) is 4. The Morgan fingerprint density at radius 2 is 1.00 bits per heavy atom. The average Bonchev–Trinajstić information content (AvgIpc) is 2.09. The molecule has 4 radical (unpaired) electrons. The summed E-state index contributed by atoms with van der Waals surface area (Å²) < 4.78 is 0. The molecule has 0 unspecified atom stereocenters. The van der Waals surface area contributed by atoms with Gasteiger partial charge >= 0.3 is 35.0 Å². The van der Waals surface area contributed by atoms with E-state index in [9.17, 15) is 0 Å². The van der Waals surface area contributed by atoms with Gasteiger partial charge in [-0.25, -0.2) is 10.9 Å². The second kappa shape index (κ2) is 11.0. The van der Waals surface area contributed by atoms with E-state index in [1.165, 1.54) is 0 Å². The van der Waals surface area contributed by atoms with Gasteiger partial charge in [0.1, 0.15) is 0 Å². The van der Waals surface area contributed by atoms with Crippen LogP contribution >= 0.6 is 19.1 Å². The van der Waals surface area contributed by atoms with Crippen molar-refractivity contribution in [2.75, 3.05) is 0 Å². The molecule has 0 bridgehead atoms. The molecular formula is C10H22Cl2N4Pd. The van der Waals surface area contributed by atoms with Gasteiger partial charge in [-0.1, -0.05) is 0 Å². The van der Waals surface area contributed by atoms with Crippen molar-refractivity contribution in [2.45, 2.75) is 52.6 Å². The molecule has 0 aliphatic carbocycles. The van der Waals surface area contributed by atoms with Gasteiger partial charge in [0, 0.05) is 11.1 Å². The van der Waals surface area contributed by atoms with Crippen molar-refractivity contribution in [3.63, 3.8) is 0 Å². The molecule has 0 aromatic heterocycles. The molecule has 0 amide bonds. The Labute approximate surface area is 122 Å². The first-order valence-electron chi connectivity index (χ1n) is 4.99. The van der Waals surface area contributed by atoms with E-state index >= 15 is 0 Å². The van der Waals surface area contributed by atoms with Crippen molar-refractivity contribution >= 4 is 19.1 Å². The van der Waals surface area contributed by atoms with Crippen LogP contribution in [0.3, 0.4) is 0 Å². The molecular weight excluding hydrogens is 353 g/mol. The van der Waals surface area contributed by atoms with Gasteiger partial charge in [-0.05, 0) is 41.5 Å². The Bertz CT molecular complexity index is 151. The molecule has 0 saturated heterocycles. The van der Waals surface area contributed by atoms with Crippen molar-refractivity contribution in [1.29, 1.82) is 0 Å². The van der Waals surface area contributed by atoms with Crippen LogP contribution in [-0.4, -0.2) is 11.1 Å². The van der Waals surface area contributed by atoms with E-state index in [1.807, 2.05) is 0 Å². The van der Waals surface area contributed by atoms with Crippen molar-refractivity contribution in [3.05, 3.63) is 13.3 Å². The monoisotopic (exact) mass is 374 g/mol. The van der Waals surface area contributed by atoms with Gasteiger partial charge in [0.15, 0.2) is 13.3 Å². The summed E-state index contributed by atoms with van der Waals surface area (Å²) in [4.78, 5) is 0. The van der Waals surface area contributed by atoms with Crippen molar-refractivity contribution in [3.8, 4) is 0 Å². The Kier molecular flexibility index (Phi) is 13.1. The molecule has 0 aliphatic heterocycles. The fourth-order valence-corrected chi connectivity index (χ4v) is 0.500. The normalized spacial score (nSPS) is 12.2. The van der Waals surface area contributed by atoms with Gasteiger partial charge in [-0.2, -0.15) is 0 Å². The zero-order valence-corrected chi connectivity index (χ0v) is 14.1. The number of halogens is 2. The minimum atomic E-state index is -0.106. The summed E-state index contributed by atoms with van der Waals surface area (Å²) >= 11 is -0.106. The van der Waals surface area contributed by atoms with Gasteiger partial charge in [0.05, 0.1) is 0 Å². The number of rotatable bonds is 5. The predicted octanol–water partition coefficient (Wildman–Crippen LogP) is 2.23. The Morgan fingerprint density at radius 1 is 0.765 bits per heavy atom. The minimum absolute atomic E-state index is 0.0200. The standard InChI is InChI=1S/C10H22N4.2ClH.Pd/c1-9(2,3)11-7-13-14-8-12-10(4,5)6;;;/h11-14H,1-6H3;2*1H;/q;;;+2/p-2. The Balaban J connectivity index is 0. The van der Waals surface area contributed by atoms with Crippen molar-refractivity contribution in [1.82, 2.24) is 21.5 Å². The van der Waals surface area contributed by atoms with Crippen LogP contribution in [0.15, 0.2) is 0 Å². The van der Waals surface area contributed by atoms with Crippen LogP contribution in [0.25, 0.3) is 0 Å². The van der Waals surface area contributed by atoms with E-state index in [-0.39, 0.29) is 27.0 Å². The quantitative estimate of drug-likeness (QED) is 0.258. The fourth-order valence-electron chi connectivity index (χ4n) is 0.500. The third-order valence-electron chi connectivity index (χ3n) is 1.06. The van der Waals surface area contributed by atoms with E-state index in [1.54, 1.807) is 0 Å². The molecule has 4 N–H and O–H groups in total. The van der Waals surface area contributed by atoms with Gasteiger partial charge in [-0.15, -0.1) is 0 Å². The van der Waals surface area contributed by atoms with Crippen LogP contribution in [0.2, 0.25) is 0 Å². The van der Waals surface area contributed by atoms with Crippen LogP contribution in [0, 0.1) is 13.3 Å². The van der Waals surface area contributed by atoms with Gasteiger partial charge in [0.2, 0.25) is 0 Å². The van der Waals surface area contributed by atoms with Crippen LogP contribution in [-0.2, 0) is 15.9 Å². The third kappa shape index (κ3) is 26.6. The number of hydrogen-bond donors (Lipinski definition) is 4. The molecule has 0 aromatic rings. The van der Waals surface area contributed by atoms with E-state index in [0.29, 0.717) is 0 Å². The van der Waals surface area contributed by atoms with E-state index in [0.717, 1.165) is 0 Å². The van der Waals surface area contributed by atoms with Crippen LogP contribution in [0.4, 0.5) is 0 Å². The maximum absolute atomic E-state index is 4.81. The summed E-state index contributed by atoms with van der Waals surface area (Å²) in [6.07, 6.45) is 0. The third-order valence-corrected chi connectivity index (χ3v) is 1.06. The first-order valence-corrected chi connectivity index (χ1v) is 8.99. The van der Waals surface area contributed by atoms with E-state index in [4.69, 9.17) is 19.1 Å². The molecule has 0 heterocycles. The van der Waals surface area contributed by atoms with Gasteiger partial charge in [0.25, 0.3) is 0 Å². The Hall–Kier alpha value is 1.08. The molecule has 17 heavy (non-hydrogen) atoms. The number of nitrogens with one attached hydrogen (secondary N) is 4. The molecule has 0 saturated carbocycles. The summed E-state index contributed by atoms with van der Waals surface area (Å²) in [6.45, 7) is 17.9. The van der Waals surface area contributed by atoms with E-state index in [2.05, 4.69) is 76.4 Å². The number of hydrazine groups is 1. The van der Waals surface area contributed by atoms with Gasteiger partial charge < -0.3 is 0 Å². The zero-order valence-electron chi connectivity index (χ0n) is 11.1. The van der Waals surface area contributed by atoms with Crippen LogP contribution in [0.5, 0.6) is 0 Å². The van der Waals surface area contributed by atoms with Crippen molar-refractivity contribution in [2.24, 2.45) is 0 Å². The molecule has 0 spiro atoms. The van der Waals surface area contributed by atoms with Crippen LogP contribution in [0.1, 0.15) is 41.5 Å². The maximum atomic E-state index is 4.81. The summed E-state index contributed by atoms with van der Waals surface area (Å²) in [7, 11) is 9.63. The molecule has 0 fully saturated rings. The summed E-state index contributed by atoms with van der Waals surface area (Å²) in [5, 5.41) is 6.06. The second-order valence-electron chi connectivity index (χ2n) is 5.30. The zero-order chi connectivity index (χ0) is 13.9. The SMILES string of the molecule is CC(C)(C)N[C]NN[C]NC(C)(C)C.[Cl][Pd][Cl]. The molecule has 4 nitrogen and oxygen atoms in total. The first kappa shape index (κ1) is 20.4. The van der Waals surface area contributed by atoms with Crippen LogP contribution < -0.4 is 21.5 Å². The first-order chi connectivity index (χ1) is 7.62. The van der Waals surface area contributed by atoms with E-state index < -0.39 is 0 Å².